The van der Waals surface area contributed by atoms with E-state index in [2.05, 4.69) is 10.1 Å². The Morgan fingerprint density at radius 3 is 2.87 bits per heavy atom. The lowest BCUT2D eigenvalue weighted by atomic mass is 10.1. The Kier molecular flexibility index (Phi) is 4.24. The highest BCUT2D eigenvalue weighted by Crippen LogP contribution is 2.08. The standard InChI is InChI=1S/C11H14FNO2/c1-8-3-4-9(5-10(8)12)6-13-7-11(14)15-2/h3-5,13H,6-7H2,1-2H3. The molecule has 82 valence electrons. The number of nitrogens with one attached hydrogen (secondary N) is 1. The number of carbonyl (C=O) groups is 1. The van der Waals surface area contributed by atoms with Gasteiger partial charge in [-0.25, -0.2) is 4.39 Å². The van der Waals surface area contributed by atoms with Crippen LogP contribution >= 0.6 is 0 Å². The highest BCUT2D eigenvalue weighted by molar-refractivity contribution is 5.71. The summed E-state index contributed by atoms with van der Waals surface area (Å²) in [4.78, 5) is 10.8. The van der Waals surface area contributed by atoms with Crippen molar-refractivity contribution >= 4 is 5.97 Å². The smallest absolute Gasteiger partial charge is 0.319 e. The fourth-order valence-corrected chi connectivity index (χ4v) is 1.13. The number of esters is 1. The van der Waals surface area contributed by atoms with Crippen molar-refractivity contribution in [2.45, 2.75) is 13.5 Å². The number of aryl methyl sites for hydroxylation is 1. The Morgan fingerprint density at radius 1 is 1.53 bits per heavy atom. The second-order valence-corrected chi connectivity index (χ2v) is 3.26. The number of carbonyl (C=O) groups excluding carboxylic acids is 1. The Morgan fingerprint density at radius 2 is 2.27 bits per heavy atom. The summed E-state index contributed by atoms with van der Waals surface area (Å²) >= 11 is 0. The predicted molar refractivity (Wildman–Crippen MR) is 54.9 cm³/mol. The lowest BCUT2D eigenvalue weighted by Gasteiger charge is -2.04. The van der Waals surface area contributed by atoms with Gasteiger partial charge in [-0.15, -0.1) is 0 Å². The van der Waals surface area contributed by atoms with E-state index in [4.69, 9.17) is 0 Å². The summed E-state index contributed by atoms with van der Waals surface area (Å²) in [6, 6.07) is 4.99. The third-order valence-electron chi connectivity index (χ3n) is 2.06. The van der Waals surface area contributed by atoms with E-state index in [0.717, 1.165) is 5.56 Å². The van der Waals surface area contributed by atoms with E-state index in [0.29, 0.717) is 12.1 Å². The van der Waals surface area contributed by atoms with Gasteiger partial charge in [-0.1, -0.05) is 12.1 Å². The molecule has 0 fully saturated rings. The van der Waals surface area contributed by atoms with Gasteiger partial charge >= 0.3 is 5.97 Å². The van der Waals surface area contributed by atoms with E-state index in [1.807, 2.05) is 6.07 Å². The number of benzene rings is 1. The zero-order chi connectivity index (χ0) is 11.3. The Bertz CT molecular complexity index is 352. The molecule has 0 radical (unpaired) electrons. The molecule has 0 atom stereocenters. The molecule has 1 N–H and O–H groups in total. The van der Waals surface area contributed by atoms with Crippen molar-refractivity contribution in [2.24, 2.45) is 0 Å². The first kappa shape index (κ1) is 11.7. The van der Waals surface area contributed by atoms with Gasteiger partial charge in [0.1, 0.15) is 5.82 Å². The first-order chi connectivity index (χ1) is 7.13. The van der Waals surface area contributed by atoms with Crippen LogP contribution < -0.4 is 5.32 Å². The van der Waals surface area contributed by atoms with Crippen LogP contribution in [-0.2, 0) is 16.1 Å². The predicted octanol–water partition coefficient (Wildman–Crippen LogP) is 1.40. The molecule has 0 aromatic heterocycles. The van der Waals surface area contributed by atoms with E-state index in [1.54, 1.807) is 13.0 Å². The first-order valence-corrected chi connectivity index (χ1v) is 4.66. The molecule has 15 heavy (non-hydrogen) atoms. The summed E-state index contributed by atoms with van der Waals surface area (Å²) in [5, 5.41) is 2.86. The molecule has 1 aromatic rings. The SMILES string of the molecule is COC(=O)CNCc1ccc(C)c(F)c1. The minimum Gasteiger partial charge on any atom is -0.468 e. The zero-order valence-corrected chi connectivity index (χ0v) is 8.84. The number of rotatable bonds is 4. The van der Waals surface area contributed by atoms with Crippen molar-refractivity contribution in [1.29, 1.82) is 0 Å². The van der Waals surface area contributed by atoms with Crippen molar-refractivity contribution in [1.82, 2.24) is 5.32 Å². The van der Waals surface area contributed by atoms with Gasteiger partial charge in [-0.05, 0) is 24.1 Å². The molecule has 0 bridgehead atoms. The minimum atomic E-state index is -0.331. The number of ether oxygens (including phenoxy) is 1. The van der Waals surface area contributed by atoms with E-state index < -0.39 is 0 Å². The monoisotopic (exact) mass is 211 g/mol. The molecular weight excluding hydrogens is 197 g/mol. The largest absolute Gasteiger partial charge is 0.468 e. The molecule has 4 heteroatoms. The molecule has 0 saturated carbocycles. The number of methoxy groups -OCH3 is 1. The van der Waals surface area contributed by atoms with Gasteiger partial charge in [-0.3, -0.25) is 4.79 Å². The van der Waals surface area contributed by atoms with Crippen LogP contribution in [0.5, 0.6) is 0 Å². The maximum absolute atomic E-state index is 13.1. The normalized spacial score (nSPS) is 10.1. The van der Waals surface area contributed by atoms with Crippen molar-refractivity contribution < 1.29 is 13.9 Å². The molecule has 1 aromatic carbocycles. The van der Waals surface area contributed by atoms with E-state index in [1.165, 1.54) is 13.2 Å². The molecule has 0 saturated heterocycles. The quantitative estimate of drug-likeness (QED) is 0.765. The Balaban J connectivity index is 2.44. The van der Waals surface area contributed by atoms with E-state index >= 15 is 0 Å². The van der Waals surface area contributed by atoms with Crippen LogP contribution in [-0.4, -0.2) is 19.6 Å². The minimum absolute atomic E-state index is 0.131. The number of hydrogen-bond acceptors (Lipinski definition) is 3. The highest BCUT2D eigenvalue weighted by Gasteiger charge is 2.01. The lowest BCUT2D eigenvalue weighted by molar-refractivity contribution is -0.139. The Labute approximate surface area is 88.2 Å². The molecular formula is C11H14FNO2. The fraction of sp³-hybridized carbons (Fsp3) is 0.364. The molecule has 0 unspecified atom stereocenters. The second kappa shape index (κ2) is 5.46. The summed E-state index contributed by atoms with van der Waals surface area (Å²) in [6.45, 7) is 2.29. The van der Waals surface area contributed by atoms with Crippen LogP contribution in [0.1, 0.15) is 11.1 Å². The first-order valence-electron chi connectivity index (χ1n) is 4.66. The molecule has 3 nitrogen and oxygen atoms in total. The van der Waals surface area contributed by atoms with Crippen LogP contribution in [0.3, 0.4) is 0 Å². The topological polar surface area (TPSA) is 38.3 Å². The third-order valence-corrected chi connectivity index (χ3v) is 2.06. The van der Waals surface area contributed by atoms with Crippen LogP contribution in [0.25, 0.3) is 0 Å². The van der Waals surface area contributed by atoms with Crippen LogP contribution in [0.15, 0.2) is 18.2 Å². The average molecular weight is 211 g/mol. The van der Waals surface area contributed by atoms with Crippen molar-refractivity contribution in [3.8, 4) is 0 Å². The summed E-state index contributed by atoms with van der Waals surface area (Å²) in [5.74, 6) is -0.560. The Hall–Kier alpha value is -1.42. The second-order valence-electron chi connectivity index (χ2n) is 3.26. The molecule has 0 heterocycles. The maximum atomic E-state index is 13.1. The van der Waals surface area contributed by atoms with Gasteiger partial charge in [0, 0.05) is 6.54 Å². The zero-order valence-electron chi connectivity index (χ0n) is 8.84. The summed E-state index contributed by atoms with van der Waals surface area (Å²) < 4.78 is 17.6. The van der Waals surface area contributed by atoms with Crippen molar-refractivity contribution in [3.05, 3.63) is 35.1 Å². The van der Waals surface area contributed by atoms with Gasteiger partial charge in [-0.2, -0.15) is 0 Å². The van der Waals surface area contributed by atoms with Crippen LogP contribution in [0, 0.1) is 12.7 Å². The summed E-state index contributed by atoms with van der Waals surface area (Å²) in [5.41, 5.74) is 1.42. The van der Waals surface area contributed by atoms with Crippen molar-refractivity contribution in [2.75, 3.05) is 13.7 Å². The maximum Gasteiger partial charge on any atom is 0.319 e. The molecule has 0 spiro atoms. The summed E-state index contributed by atoms with van der Waals surface area (Å²) in [7, 11) is 1.33. The third kappa shape index (κ3) is 3.67. The molecule has 0 aliphatic heterocycles. The number of hydrogen-bond donors (Lipinski definition) is 1. The number of halogens is 1. The van der Waals surface area contributed by atoms with Gasteiger partial charge in [0.2, 0.25) is 0 Å². The van der Waals surface area contributed by atoms with E-state index in [9.17, 15) is 9.18 Å². The molecule has 0 amide bonds. The van der Waals surface area contributed by atoms with Crippen LogP contribution in [0.4, 0.5) is 4.39 Å². The van der Waals surface area contributed by atoms with Gasteiger partial charge in [0.05, 0.1) is 13.7 Å². The molecule has 1 rings (SSSR count). The van der Waals surface area contributed by atoms with E-state index in [-0.39, 0.29) is 18.3 Å². The molecule has 0 aliphatic rings. The van der Waals surface area contributed by atoms with Gasteiger partial charge in [0.15, 0.2) is 0 Å². The summed E-state index contributed by atoms with van der Waals surface area (Å²) in [6.07, 6.45) is 0. The fourth-order valence-electron chi connectivity index (χ4n) is 1.13. The average Bonchev–Trinajstić information content (AvgIpc) is 2.23. The van der Waals surface area contributed by atoms with Gasteiger partial charge in [0.25, 0.3) is 0 Å². The van der Waals surface area contributed by atoms with Crippen LogP contribution in [0.2, 0.25) is 0 Å². The lowest BCUT2D eigenvalue weighted by Crippen LogP contribution is -2.23. The highest BCUT2D eigenvalue weighted by atomic mass is 19.1. The molecule has 0 aliphatic carbocycles. The van der Waals surface area contributed by atoms with Gasteiger partial charge < -0.3 is 10.1 Å². The van der Waals surface area contributed by atoms with Crippen molar-refractivity contribution in [3.63, 3.8) is 0 Å².